The second kappa shape index (κ2) is 6.69. The molecule has 2 aromatic rings. The Morgan fingerprint density at radius 1 is 1.25 bits per heavy atom. The van der Waals surface area contributed by atoms with Crippen LogP contribution in [0.3, 0.4) is 0 Å². The lowest BCUT2D eigenvalue weighted by molar-refractivity contribution is 0.0768. The Morgan fingerprint density at radius 3 is 2.71 bits per heavy atom. The van der Waals surface area contributed by atoms with Crippen LogP contribution >= 0.6 is 0 Å². The van der Waals surface area contributed by atoms with Crippen molar-refractivity contribution in [3.8, 4) is 11.8 Å². The van der Waals surface area contributed by atoms with Gasteiger partial charge >= 0.3 is 0 Å². The van der Waals surface area contributed by atoms with E-state index < -0.39 is 0 Å². The number of likely N-dealkylation sites (tertiary alicyclic amines) is 1. The molecule has 1 aliphatic heterocycles. The van der Waals surface area contributed by atoms with Gasteiger partial charge in [0.1, 0.15) is 11.7 Å². The molecule has 3 heterocycles. The minimum atomic E-state index is -0.298. The van der Waals surface area contributed by atoms with Crippen LogP contribution in [0.4, 0.5) is 0 Å². The zero-order valence-corrected chi connectivity index (χ0v) is 13.5. The highest BCUT2D eigenvalue weighted by Gasteiger charge is 2.29. The second-order valence-corrected chi connectivity index (χ2v) is 5.53. The molecule has 8 nitrogen and oxygen atoms in total. The van der Waals surface area contributed by atoms with E-state index in [1.165, 1.54) is 11.7 Å². The molecule has 3 rings (SSSR count). The SMILES string of the molecule is COc1ccc(O[C@H]2CCN(C(=O)c3cccn(C)c3=O)C2)nn1. The molecule has 0 aliphatic carbocycles. The summed E-state index contributed by atoms with van der Waals surface area (Å²) in [5.41, 5.74) is -0.127. The quantitative estimate of drug-likeness (QED) is 0.810. The Morgan fingerprint density at radius 2 is 2.00 bits per heavy atom. The van der Waals surface area contributed by atoms with Crippen LogP contribution in [0.2, 0.25) is 0 Å². The van der Waals surface area contributed by atoms with E-state index in [1.807, 2.05) is 0 Å². The van der Waals surface area contributed by atoms with Crippen LogP contribution in [0.1, 0.15) is 16.8 Å². The lowest BCUT2D eigenvalue weighted by atomic mass is 10.2. The molecule has 1 fully saturated rings. The summed E-state index contributed by atoms with van der Waals surface area (Å²) >= 11 is 0. The third-order valence-electron chi connectivity index (χ3n) is 3.90. The molecule has 8 heteroatoms. The van der Waals surface area contributed by atoms with Crippen LogP contribution < -0.4 is 15.0 Å². The van der Waals surface area contributed by atoms with Gasteiger partial charge in [-0.1, -0.05) is 0 Å². The van der Waals surface area contributed by atoms with Gasteiger partial charge in [0.2, 0.25) is 11.8 Å². The number of carbonyl (C=O) groups is 1. The van der Waals surface area contributed by atoms with Gasteiger partial charge in [0.15, 0.2) is 0 Å². The Labute approximate surface area is 138 Å². The minimum Gasteiger partial charge on any atom is -0.480 e. The zero-order chi connectivity index (χ0) is 17.1. The van der Waals surface area contributed by atoms with E-state index in [9.17, 15) is 9.59 Å². The van der Waals surface area contributed by atoms with Crippen LogP contribution in [0.25, 0.3) is 0 Å². The Hall–Kier alpha value is -2.90. The smallest absolute Gasteiger partial charge is 0.263 e. The van der Waals surface area contributed by atoms with E-state index in [0.29, 0.717) is 31.3 Å². The molecule has 1 saturated heterocycles. The Bertz CT molecular complexity index is 787. The van der Waals surface area contributed by atoms with Crippen LogP contribution in [-0.2, 0) is 7.05 Å². The highest BCUT2D eigenvalue weighted by Crippen LogP contribution is 2.18. The summed E-state index contributed by atoms with van der Waals surface area (Å²) in [7, 11) is 3.14. The fourth-order valence-electron chi connectivity index (χ4n) is 2.59. The summed E-state index contributed by atoms with van der Waals surface area (Å²) in [4.78, 5) is 26.2. The number of aryl methyl sites for hydroxylation is 1. The van der Waals surface area contributed by atoms with Crippen molar-refractivity contribution in [2.45, 2.75) is 12.5 Å². The van der Waals surface area contributed by atoms with Gasteiger partial charge < -0.3 is 18.9 Å². The molecule has 0 radical (unpaired) electrons. The first-order valence-corrected chi connectivity index (χ1v) is 7.58. The van der Waals surface area contributed by atoms with Crippen molar-refractivity contribution in [2.75, 3.05) is 20.2 Å². The molecule has 24 heavy (non-hydrogen) atoms. The maximum absolute atomic E-state index is 12.5. The lowest BCUT2D eigenvalue weighted by Crippen LogP contribution is -2.35. The summed E-state index contributed by atoms with van der Waals surface area (Å²) in [5.74, 6) is 0.513. The van der Waals surface area contributed by atoms with Gasteiger partial charge in [0.25, 0.3) is 11.5 Å². The largest absolute Gasteiger partial charge is 0.480 e. The maximum atomic E-state index is 12.5. The molecule has 1 atom stereocenters. The predicted octanol–water partition coefficient (Wildman–Crippen LogP) is 0.477. The van der Waals surface area contributed by atoms with Crippen LogP contribution in [0, 0.1) is 0 Å². The van der Waals surface area contributed by atoms with E-state index in [2.05, 4.69) is 10.2 Å². The number of carbonyl (C=O) groups excluding carboxylic acids is 1. The summed E-state index contributed by atoms with van der Waals surface area (Å²) < 4.78 is 12.1. The first kappa shape index (κ1) is 16.0. The van der Waals surface area contributed by atoms with Crippen LogP contribution in [0.15, 0.2) is 35.3 Å². The maximum Gasteiger partial charge on any atom is 0.263 e. The predicted molar refractivity (Wildman–Crippen MR) is 85.2 cm³/mol. The average Bonchev–Trinajstić information content (AvgIpc) is 3.06. The van der Waals surface area contributed by atoms with Crippen molar-refractivity contribution in [1.82, 2.24) is 19.7 Å². The summed E-state index contributed by atoms with van der Waals surface area (Å²) in [6.07, 6.45) is 2.12. The van der Waals surface area contributed by atoms with Crippen molar-refractivity contribution in [2.24, 2.45) is 7.05 Å². The molecule has 126 valence electrons. The van der Waals surface area contributed by atoms with Gasteiger partial charge in [-0.25, -0.2) is 0 Å². The molecular formula is C16H18N4O4. The first-order valence-electron chi connectivity index (χ1n) is 7.58. The molecule has 0 unspecified atom stereocenters. The van der Waals surface area contributed by atoms with E-state index in [0.717, 1.165) is 0 Å². The van der Waals surface area contributed by atoms with Crippen LogP contribution in [-0.4, -0.2) is 51.9 Å². The molecule has 1 aliphatic rings. The van der Waals surface area contributed by atoms with Gasteiger partial charge in [-0.3, -0.25) is 9.59 Å². The molecular weight excluding hydrogens is 312 g/mol. The number of nitrogens with zero attached hydrogens (tertiary/aromatic N) is 4. The van der Waals surface area contributed by atoms with Gasteiger partial charge in [0, 0.05) is 38.3 Å². The van der Waals surface area contributed by atoms with E-state index in [4.69, 9.17) is 9.47 Å². The molecule has 0 aromatic carbocycles. The molecule has 0 bridgehead atoms. The van der Waals surface area contributed by atoms with Crippen molar-refractivity contribution < 1.29 is 14.3 Å². The molecule has 0 saturated carbocycles. The fraction of sp³-hybridized carbons (Fsp3) is 0.375. The third-order valence-corrected chi connectivity index (χ3v) is 3.90. The molecule has 2 aromatic heterocycles. The van der Waals surface area contributed by atoms with Gasteiger partial charge in [-0.2, -0.15) is 0 Å². The summed E-state index contributed by atoms with van der Waals surface area (Å²) in [6.45, 7) is 0.940. The van der Waals surface area contributed by atoms with Gasteiger partial charge in [-0.15, -0.1) is 10.2 Å². The normalized spacial score (nSPS) is 16.9. The highest BCUT2D eigenvalue weighted by molar-refractivity contribution is 5.94. The minimum absolute atomic E-state index is 0.171. The van der Waals surface area contributed by atoms with E-state index in [-0.39, 0.29) is 23.1 Å². The Kier molecular flexibility index (Phi) is 4.45. The standard InChI is InChI=1S/C16H18N4O4/c1-19-8-3-4-12(15(19)21)16(22)20-9-7-11(10-20)24-14-6-5-13(23-2)17-18-14/h3-6,8,11H,7,9-10H2,1-2H3/t11-/m0/s1. The number of hydrogen-bond donors (Lipinski definition) is 0. The Balaban J connectivity index is 1.65. The van der Waals surface area contributed by atoms with E-state index in [1.54, 1.807) is 42.4 Å². The summed E-state index contributed by atoms with van der Waals surface area (Å²) in [6, 6.07) is 6.57. The molecule has 0 spiro atoms. The number of ether oxygens (including phenoxy) is 2. The van der Waals surface area contributed by atoms with Crippen molar-refractivity contribution in [3.63, 3.8) is 0 Å². The number of methoxy groups -OCH3 is 1. The topological polar surface area (TPSA) is 86.5 Å². The van der Waals surface area contributed by atoms with Crippen molar-refractivity contribution in [1.29, 1.82) is 0 Å². The zero-order valence-electron chi connectivity index (χ0n) is 13.5. The average molecular weight is 330 g/mol. The lowest BCUT2D eigenvalue weighted by Gasteiger charge is -2.16. The fourth-order valence-corrected chi connectivity index (χ4v) is 2.59. The number of aromatic nitrogens is 3. The number of pyridine rings is 1. The first-order chi connectivity index (χ1) is 11.6. The summed E-state index contributed by atoms with van der Waals surface area (Å²) in [5, 5.41) is 7.75. The number of hydrogen-bond acceptors (Lipinski definition) is 6. The second-order valence-electron chi connectivity index (χ2n) is 5.53. The van der Waals surface area contributed by atoms with Crippen LogP contribution in [0.5, 0.6) is 11.8 Å². The number of rotatable bonds is 4. The number of amides is 1. The van der Waals surface area contributed by atoms with Gasteiger partial charge in [0.05, 0.1) is 13.7 Å². The van der Waals surface area contributed by atoms with E-state index >= 15 is 0 Å². The van der Waals surface area contributed by atoms with Crippen molar-refractivity contribution in [3.05, 3.63) is 46.4 Å². The van der Waals surface area contributed by atoms with Gasteiger partial charge in [-0.05, 0) is 12.1 Å². The third kappa shape index (κ3) is 3.22. The van der Waals surface area contributed by atoms with Crippen molar-refractivity contribution >= 4 is 5.91 Å². The molecule has 0 N–H and O–H groups in total. The monoisotopic (exact) mass is 330 g/mol. The molecule has 1 amide bonds. The highest BCUT2D eigenvalue weighted by atomic mass is 16.5.